The number of carbonyl (C=O) groups is 1. The molecule has 17 heavy (non-hydrogen) atoms. The lowest BCUT2D eigenvalue weighted by Crippen LogP contribution is -2.46. The number of rotatable bonds is 2. The van der Waals surface area contributed by atoms with Crippen molar-refractivity contribution in [2.24, 2.45) is 5.73 Å². The standard InChI is InChI=1S/C13H17ClN2O/c14-11-4-1-3-10(7-11)8-13(17)16-6-2-5-12(15)9-16/h1,3-4,7,12H,2,5-6,8-9,15H2. The molecule has 2 N–H and O–H groups in total. The Morgan fingerprint density at radius 3 is 3.06 bits per heavy atom. The second kappa shape index (κ2) is 5.52. The van der Waals surface area contributed by atoms with Gasteiger partial charge in [-0.25, -0.2) is 0 Å². The van der Waals surface area contributed by atoms with Gasteiger partial charge in [0, 0.05) is 24.2 Å². The summed E-state index contributed by atoms with van der Waals surface area (Å²) in [5.41, 5.74) is 6.83. The number of hydrogen-bond acceptors (Lipinski definition) is 2. The molecule has 1 heterocycles. The van der Waals surface area contributed by atoms with Crippen LogP contribution in [0.25, 0.3) is 0 Å². The van der Waals surface area contributed by atoms with Gasteiger partial charge < -0.3 is 10.6 Å². The average Bonchev–Trinajstić information content (AvgIpc) is 2.29. The zero-order chi connectivity index (χ0) is 12.3. The number of nitrogens with two attached hydrogens (primary N) is 1. The van der Waals surface area contributed by atoms with Gasteiger partial charge in [-0.2, -0.15) is 0 Å². The molecule has 0 radical (unpaired) electrons. The third kappa shape index (κ3) is 3.45. The maximum Gasteiger partial charge on any atom is 0.227 e. The molecular weight excluding hydrogens is 236 g/mol. The van der Waals surface area contributed by atoms with Crippen LogP contribution in [0.1, 0.15) is 18.4 Å². The molecule has 1 aliphatic heterocycles. The van der Waals surface area contributed by atoms with Gasteiger partial charge in [0.15, 0.2) is 0 Å². The molecule has 1 unspecified atom stereocenters. The van der Waals surface area contributed by atoms with E-state index in [9.17, 15) is 4.79 Å². The molecule has 2 rings (SSSR count). The van der Waals surface area contributed by atoms with E-state index in [2.05, 4.69) is 0 Å². The van der Waals surface area contributed by atoms with Crippen molar-refractivity contribution in [1.29, 1.82) is 0 Å². The first kappa shape index (κ1) is 12.4. The topological polar surface area (TPSA) is 46.3 Å². The van der Waals surface area contributed by atoms with Gasteiger partial charge in [0.2, 0.25) is 5.91 Å². The highest BCUT2D eigenvalue weighted by Gasteiger charge is 2.21. The largest absolute Gasteiger partial charge is 0.341 e. The minimum absolute atomic E-state index is 0.132. The fourth-order valence-corrected chi connectivity index (χ4v) is 2.38. The number of benzene rings is 1. The van der Waals surface area contributed by atoms with Crippen molar-refractivity contribution in [2.75, 3.05) is 13.1 Å². The van der Waals surface area contributed by atoms with E-state index in [1.54, 1.807) is 0 Å². The molecule has 1 fully saturated rings. The van der Waals surface area contributed by atoms with Crippen LogP contribution in [0.5, 0.6) is 0 Å². The van der Waals surface area contributed by atoms with Crippen molar-refractivity contribution < 1.29 is 4.79 Å². The highest BCUT2D eigenvalue weighted by molar-refractivity contribution is 6.30. The van der Waals surface area contributed by atoms with Crippen LogP contribution < -0.4 is 5.73 Å². The van der Waals surface area contributed by atoms with E-state index in [4.69, 9.17) is 17.3 Å². The van der Waals surface area contributed by atoms with Crippen molar-refractivity contribution in [1.82, 2.24) is 4.90 Å². The molecule has 92 valence electrons. The Hall–Kier alpha value is -1.06. The Balaban J connectivity index is 1.96. The highest BCUT2D eigenvalue weighted by atomic mass is 35.5. The molecule has 1 aliphatic rings. The maximum atomic E-state index is 12.1. The number of halogens is 1. The Morgan fingerprint density at radius 1 is 1.53 bits per heavy atom. The lowest BCUT2D eigenvalue weighted by Gasteiger charge is -2.30. The molecule has 0 spiro atoms. The Bertz CT molecular complexity index is 408. The summed E-state index contributed by atoms with van der Waals surface area (Å²) in [5, 5.41) is 0.672. The molecule has 1 aromatic rings. The summed E-state index contributed by atoms with van der Waals surface area (Å²) in [5.74, 6) is 0.141. The van der Waals surface area contributed by atoms with Crippen LogP contribution in [0.3, 0.4) is 0 Å². The normalized spacial score (nSPS) is 20.4. The molecule has 0 aromatic heterocycles. The average molecular weight is 253 g/mol. The van der Waals surface area contributed by atoms with E-state index in [0.29, 0.717) is 18.0 Å². The maximum absolute atomic E-state index is 12.1. The van der Waals surface area contributed by atoms with Gasteiger partial charge in [0.25, 0.3) is 0 Å². The molecule has 1 atom stereocenters. The van der Waals surface area contributed by atoms with E-state index < -0.39 is 0 Å². The number of hydrogen-bond donors (Lipinski definition) is 1. The zero-order valence-electron chi connectivity index (χ0n) is 9.73. The van der Waals surface area contributed by atoms with Gasteiger partial charge in [-0.15, -0.1) is 0 Å². The Kier molecular flexibility index (Phi) is 4.02. The lowest BCUT2D eigenvalue weighted by molar-refractivity contribution is -0.131. The van der Waals surface area contributed by atoms with E-state index in [1.165, 1.54) is 0 Å². The van der Waals surface area contributed by atoms with E-state index in [0.717, 1.165) is 24.9 Å². The van der Waals surface area contributed by atoms with Gasteiger partial charge in [-0.05, 0) is 30.5 Å². The number of amides is 1. The van der Waals surface area contributed by atoms with Crippen molar-refractivity contribution in [3.63, 3.8) is 0 Å². The van der Waals surface area contributed by atoms with Crippen LogP contribution in [0.15, 0.2) is 24.3 Å². The first-order valence-electron chi connectivity index (χ1n) is 5.93. The third-order valence-electron chi connectivity index (χ3n) is 3.05. The predicted molar refractivity (Wildman–Crippen MR) is 68.9 cm³/mol. The number of likely N-dealkylation sites (tertiary alicyclic amines) is 1. The van der Waals surface area contributed by atoms with Gasteiger partial charge in [-0.3, -0.25) is 4.79 Å². The third-order valence-corrected chi connectivity index (χ3v) is 3.29. The molecule has 3 nitrogen and oxygen atoms in total. The van der Waals surface area contributed by atoms with Crippen LogP contribution in [0.4, 0.5) is 0 Å². The predicted octanol–water partition coefficient (Wildman–Crippen LogP) is 1.83. The molecule has 1 aromatic carbocycles. The minimum Gasteiger partial charge on any atom is -0.341 e. The Labute approximate surface area is 107 Å². The van der Waals surface area contributed by atoms with Crippen LogP contribution in [0.2, 0.25) is 5.02 Å². The fraction of sp³-hybridized carbons (Fsp3) is 0.462. The van der Waals surface area contributed by atoms with E-state index in [-0.39, 0.29) is 11.9 Å². The number of carbonyl (C=O) groups excluding carboxylic acids is 1. The van der Waals surface area contributed by atoms with Crippen LogP contribution in [-0.4, -0.2) is 29.9 Å². The SMILES string of the molecule is NC1CCCN(C(=O)Cc2cccc(Cl)c2)C1. The van der Waals surface area contributed by atoms with Gasteiger partial charge in [-0.1, -0.05) is 23.7 Å². The quantitative estimate of drug-likeness (QED) is 0.873. The number of piperidine rings is 1. The van der Waals surface area contributed by atoms with Crippen molar-refractivity contribution in [3.8, 4) is 0 Å². The first-order chi connectivity index (χ1) is 8.15. The van der Waals surface area contributed by atoms with Gasteiger partial charge in [0.05, 0.1) is 6.42 Å². The summed E-state index contributed by atoms with van der Waals surface area (Å²) >= 11 is 5.89. The fourth-order valence-electron chi connectivity index (χ4n) is 2.17. The number of nitrogens with zero attached hydrogens (tertiary/aromatic N) is 1. The molecule has 0 aliphatic carbocycles. The molecule has 0 saturated carbocycles. The summed E-state index contributed by atoms with van der Waals surface area (Å²) < 4.78 is 0. The molecule has 1 saturated heterocycles. The van der Waals surface area contributed by atoms with Crippen molar-refractivity contribution >= 4 is 17.5 Å². The smallest absolute Gasteiger partial charge is 0.227 e. The van der Waals surface area contributed by atoms with Crippen LogP contribution in [-0.2, 0) is 11.2 Å². The zero-order valence-corrected chi connectivity index (χ0v) is 10.5. The highest BCUT2D eigenvalue weighted by Crippen LogP contribution is 2.14. The van der Waals surface area contributed by atoms with Crippen molar-refractivity contribution in [3.05, 3.63) is 34.9 Å². The molecule has 0 bridgehead atoms. The van der Waals surface area contributed by atoms with Gasteiger partial charge in [0.1, 0.15) is 0 Å². The summed E-state index contributed by atoms with van der Waals surface area (Å²) in [6, 6.07) is 7.57. The lowest BCUT2D eigenvalue weighted by atomic mass is 10.1. The second-order valence-corrected chi connectivity index (χ2v) is 4.99. The Morgan fingerprint density at radius 2 is 2.35 bits per heavy atom. The first-order valence-corrected chi connectivity index (χ1v) is 6.31. The molecular formula is C13H17ClN2O. The molecule has 1 amide bonds. The monoisotopic (exact) mass is 252 g/mol. The summed E-state index contributed by atoms with van der Waals surface area (Å²) in [6.07, 6.45) is 2.43. The molecule has 4 heteroatoms. The van der Waals surface area contributed by atoms with Crippen molar-refractivity contribution in [2.45, 2.75) is 25.3 Å². The summed E-state index contributed by atoms with van der Waals surface area (Å²) in [6.45, 7) is 1.51. The van der Waals surface area contributed by atoms with E-state index in [1.807, 2.05) is 29.2 Å². The summed E-state index contributed by atoms with van der Waals surface area (Å²) in [7, 11) is 0. The van der Waals surface area contributed by atoms with E-state index >= 15 is 0 Å². The van der Waals surface area contributed by atoms with Crippen LogP contribution >= 0.6 is 11.6 Å². The minimum atomic E-state index is 0.132. The second-order valence-electron chi connectivity index (χ2n) is 4.55. The van der Waals surface area contributed by atoms with Crippen LogP contribution in [0, 0.1) is 0 Å². The summed E-state index contributed by atoms with van der Waals surface area (Å²) in [4.78, 5) is 13.9. The van der Waals surface area contributed by atoms with Gasteiger partial charge >= 0.3 is 0 Å².